The summed E-state index contributed by atoms with van der Waals surface area (Å²) in [7, 11) is 0. The van der Waals surface area contributed by atoms with E-state index >= 15 is 0 Å². The Balaban J connectivity index is 2.17. The summed E-state index contributed by atoms with van der Waals surface area (Å²) in [5.41, 5.74) is 3.36. The highest BCUT2D eigenvalue weighted by atomic mass is 35.5. The van der Waals surface area contributed by atoms with Crippen molar-refractivity contribution in [2.75, 3.05) is 4.90 Å². The van der Waals surface area contributed by atoms with Crippen LogP contribution in [0.3, 0.4) is 0 Å². The highest BCUT2D eigenvalue weighted by Gasteiger charge is 2.28. The van der Waals surface area contributed by atoms with Crippen molar-refractivity contribution in [1.29, 1.82) is 0 Å². The molecule has 0 aliphatic carbocycles. The summed E-state index contributed by atoms with van der Waals surface area (Å²) in [6.45, 7) is 5.70. The third kappa shape index (κ3) is 2.90. The van der Waals surface area contributed by atoms with E-state index in [-0.39, 0.29) is 11.8 Å². The van der Waals surface area contributed by atoms with Crippen molar-refractivity contribution in [2.24, 2.45) is 0 Å². The summed E-state index contributed by atoms with van der Waals surface area (Å²) in [6, 6.07) is 9.48. The molecular formula is C17H15ClN2O2S. The Hall–Kier alpha value is -2.11. The van der Waals surface area contributed by atoms with Gasteiger partial charge in [-0.25, -0.2) is 4.90 Å². The molecule has 118 valence electrons. The van der Waals surface area contributed by atoms with Crippen LogP contribution in [-0.2, 0) is 0 Å². The van der Waals surface area contributed by atoms with Crippen LogP contribution in [0.15, 0.2) is 40.2 Å². The number of aromatic nitrogens is 1. The Morgan fingerprint density at radius 3 is 2.61 bits per heavy atom. The third-order valence-corrected chi connectivity index (χ3v) is 4.80. The minimum absolute atomic E-state index is 0.190. The normalized spacial score (nSPS) is 10.8. The Morgan fingerprint density at radius 1 is 1.26 bits per heavy atom. The quantitative estimate of drug-likeness (QED) is 0.647. The highest BCUT2D eigenvalue weighted by Crippen LogP contribution is 2.37. The van der Waals surface area contributed by atoms with Crippen LogP contribution in [-0.4, -0.2) is 11.1 Å². The van der Waals surface area contributed by atoms with Gasteiger partial charge in [-0.3, -0.25) is 4.79 Å². The van der Waals surface area contributed by atoms with E-state index in [0.29, 0.717) is 15.6 Å². The lowest BCUT2D eigenvalue weighted by Crippen LogP contribution is -2.25. The molecule has 0 saturated heterocycles. The van der Waals surface area contributed by atoms with E-state index in [2.05, 4.69) is 5.16 Å². The van der Waals surface area contributed by atoms with Crippen LogP contribution >= 0.6 is 22.9 Å². The number of hydrogen-bond acceptors (Lipinski definition) is 4. The highest BCUT2D eigenvalue weighted by molar-refractivity contribution is 7.12. The molecular weight excluding hydrogens is 332 g/mol. The second-order valence-electron chi connectivity index (χ2n) is 5.29. The second kappa shape index (κ2) is 6.18. The molecule has 0 aliphatic heterocycles. The molecule has 2 heterocycles. The lowest BCUT2D eigenvalue weighted by molar-refractivity contribution is 0.0998. The number of hydrogen-bond donors (Lipinski definition) is 0. The number of rotatable bonds is 3. The van der Waals surface area contributed by atoms with Gasteiger partial charge in [-0.2, -0.15) is 0 Å². The van der Waals surface area contributed by atoms with Crippen molar-refractivity contribution in [1.82, 2.24) is 5.16 Å². The van der Waals surface area contributed by atoms with Crippen LogP contribution in [0.25, 0.3) is 0 Å². The smallest absolute Gasteiger partial charge is 0.275 e. The summed E-state index contributed by atoms with van der Waals surface area (Å²) in [5.74, 6) is 0.0551. The molecule has 6 heteroatoms. The number of carbonyl (C=O) groups excluding carboxylic acids is 1. The van der Waals surface area contributed by atoms with E-state index in [9.17, 15) is 4.79 Å². The maximum Gasteiger partial charge on any atom is 0.275 e. The molecule has 1 aromatic carbocycles. The first-order valence-corrected chi connectivity index (χ1v) is 8.32. The maximum atomic E-state index is 13.0. The largest absolute Gasteiger partial charge is 0.336 e. The van der Waals surface area contributed by atoms with Gasteiger partial charge in [0.05, 0.1) is 10.6 Å². The van der Waals surface area contributed by atoms with Gasteiger partial charge in [0.1, 0.15) is 10.7 Å². The van der Waals surface area contributed by atoms with Crippen molar-refractivity contribution in [3.63, 3.8) is 0 Å². The first-order valence-electron chi connectivity index (χ1n) is 7.06. The fraction of sp³-hybridized carbons (Fsp3) is 0.176. The molecule has 0 radical (unpaired) electrons. The van der Waals surface area contributed by atoms with E-state index in [1.54, 1.807) is 13.0 Å². The van der Waals surface area contributed by atoms with Gasteiger partial charge in [-0.1, -0.05) is 40.5 Å². The zero-order valence-electron chi connectivity index (χ0n) is 13.0. The maximum absolute atomic E-state index is 13.0. The number of benzene rings is 1. The fourth-order valence-corrected chi connectivity index (χ4v) is 3.17. The summed E-state index contributed by atoms with van der Waals surface area (Å²) < 4.78 is 5.34. The van der Waals surface area contributed by atoms with Crippen molar-refractivity contribution in [2.45, 2.75) is 20.8 Å². The predicted octanol–water partition coefficient (Wildman–Crippen LogP) is 5.29. The number of aryl methyl sites for hydroxylation is 3. The zero-order chi connectivity index (χ0) is 16.6. The molecule has 0 bridgehead atoms. The molecule has 1 amide bonds. The van der Waals surface area contributed by atoms with E-state index in [4.69, 9.17) is 16.1 Å². The van der Waals surface area contributed by atoms with Crippen molar-refractivity contribution in [3.05, 3.63) is 62.4 Å². The van der Waals surface area contributed by atoms with Crippen molar-refractivity contribution < 1.29 is 9.32 Å². The average Bonchev–Trinajstić information content (AvgIpc) is 3.15. The Morgan fingerprint density at radius 2 is 2.04 bits per heavy atom. The third-order valence-electron chi connectivity index (χ3n) is 3.51. The van der Waals surface area contributed by atoms with Gasteiger partial charge in [0.2, 0.25) is 0 Å². The van der Waals surface area contributed by atoms with Crippen molar-refractivity contribution >= 4 is 40.4 Å². The number of anilines is 2. The summed E-state index contributed by atoms with van der Waals surface area (Å²) in [6.07, 6.45) is 0. The van der Waals surface area contributed by atoms with Crippen LogP contribution in [0.5, 0.6) is 0 Å². The number of amides is 1. The fourth-order valence-electron chi connectivity index (χ4n) is 2.36. The lowest BCUT2D eigenvalue weighted by Gasteiger charge is -2.21. The van der Waals surface area contributed by atoms with Gasteiger partial charge in [0.25, 0.3) is 11.8 Å². The average molecular weight is 347 g/mol. The number of carbonyl (C=O) groups is 1. The number of thiophene rings is 1. The van der Waals surface area contributed by atoms with Gasteiger partial charge in [0, 0.05) is 0 Å². The summed E-state index contributed by atoms with van der Waals surface area (Å²) in [4.78, 5) is 15.1. The van der Waals surface area contributed by atoms with E-state index in [1.165, 1.54) is 16.2 Å². The van der Waals surface area contributed by atoms with Crippen LogP contribution < -0.4 is 4.90 Å². The van der Waals surface area contributed by atoms with Crippen molar-refractivity contribution in [3.8, 4) is 0 Å². The number of halogens is 1. The van der Waals surface area contributed by atoms with Gasteiger partial charge in [-0.15, -0.1) is 11.3 Å². The Bertz CT molecular complexity index is 856. The molecule has 4 nitrogen and oxygen atoms in total. The topological polar surface area (TPSA) is 46.3 Å². The molecule has 0 atom stereocenters. The molecule has 2 aromatic heterocycles. The van der Waals surface area contributed by atoms with Gasteiger partial charge < -0.3 is 4.52 Å². The van der Waals surface area contributed by atoms with E-state index < -0.39 is 0 Å². The first kappa shape index (κ1) is 15.8. The summed E-state index contributed by atoms with van der Waals surface area (Å²) in [5, 5.41) is 6.08. The van der Waals surface area contributed by atoms with Crippen LogP contribution in [0.2, 0.25) is 5.02 Å². The molecule has 0 spiro atoms. The SMILES string of the molecule is Cc1ccc(N(C(=O)c2cccs2)c2onc(C)c2Cl)c(C)c1. The van der Waals surface area contributed by atoms with Gasteiger partial charge in [0.15, 0.2) is 0 Å². The Kier molecular flexibility index (Phi) is 4.24. The molecule has 3 aromatic rings. The van der Waals surface area contributed by atoms with Gasteiger partial charge >= 0.3 is 0 Å². The molecule has 0 N–H and O–H groups in total. The molecule has 23 heavy (non-hydrogen) atoms. The minimum Gasteiger partial charge on any atom is -0.336 e. The minimum atomic E-state index is -0.190. The molecule has 0 fully saturated rings. The second-order valence-corrected chi connectivity index (χ2v) is 6.62. The number of nitrogens with zero attached hydrogens (tertiary/aromatic N) is 2. The standard InChI is InChI=1S/C17H15ClN2O2S/c1-10-6-7-13(11(2)9-10)20(16(21)14-5-4-8-23-14)17-15(18)12(3)19-22-17/h4-9H,1-3H3. The molecule has 0 aliphatic rings. The first-order chi connectivity index (χ1) is 11.0. The monoisotopic (exact) mass is 346 g/mol. The van der Waals surface area contributed by atoms with Crippen LogP contribution in [0.4, 0.5) is 11.6 Å². The zero-order valence-corrected chi connectivity index (χ0v) is 14.5. The molecule has 3 rings (SSSR count). The van der Waals surface area contributed by atoms with E-state index in [0.717, 1.165) is 16.8 Å². The molecule has 0 unspecified atom stereocenters. The molecule has 0 saturated carbocycles. The van der Waals surface area contributed by atoms with E-state index in [1.807, 2.05) is 43.5 Å². The predicted molar refractivity (Wildman–Crippen MR) is 93.0 cm³/mol. The van der Waals surface area contributed by atoms with Gasteiger partial charge in [-0.05, 0) is 43.8 Å². The summed E-state index contributed by atoms with van der Waals surface area (Å²) >= 11 is 7.67. The Labute approximate surface area is 143 Å². The van der Waals surface area contributed by atoms with Crippen LogP contribution in [0.1, 0.15) is 26.5 Å². The van der Waals surface area contributed by atoms with Crippen LogP contribution in [0, 0.1) is 20.8 Å². The lowest BCUT2D eigenvalue weighted by atomic mass is 10.1.